The summed E-state index contributed by atoms with van der Waals surface area (Å²) < 4.78 is 35.1. The van der Waals surface area contributed by atoms with Gasteiger partial charge in [0.25, 0.3) is 15.9 Å². The van der Waals surface area contributed by atoms with E-state index in [2.05, 4.69) is 20.0 Å². The predicted molar refractivity (Wildman–Crippen MR) is 120 cm³/mol. The number of imidazole rings is 1. The standard InChI is InChI=1S/C22H19N5O4S/c1-31-20-8-3-2-7-19(20)26-32(29,30)18-6-4-5-16(13-18)22(28)25-17-9-10-21(24-14-17)27-12-11-23-15-27/h2-15,26H,1H3,(H,25,28). The molecule has 0 atom stereocenters. The fourth-order valence-electron chi connectivity index (χ4n) is 2.95. The number of benzene rings is 2. The highest BCUT2D eigenvalue weighted by atomic mass is 32.2. The number of nitrogens with zero attached hydrogens (tertiary/aromatic N) is 3. The number of amides is 1. The molecule has 2 heterocycles. The summed E-state index contributed by atoms with van der Waals surface area (Å²) in [5.74, 6) is 0.573. The summed E-state index contributed by atoms with van der Waals surface area (Å²) in [7, 11) is -2.48. The number of carbonyl (C=O) groups excluding carboxylic acids is 1. The van der Waals surface area contributed by atoms with Gasteiger partial charge < -0.3 is 10.1 Å². The number of aromatic nitrogens is 3. The summed E-state index contributed by atoms with van der Waals surface area (Å²) in [6.45, 7) is 0. The first kappa shape index (κ1) is 21.1. The van der Waals surface area contributed by atoms with Crippen LogP contribution in [0.2, 0.25) is 0 Å². The van der Waals surface area contributed by atoms with Gasteiger partial charge in [-0.2, -0.15) is 0 Å². The van der Waals surface area contributed by atoms with Gasteiger partial charge in [-0.1, -0.05) is 18.2 Å². The summed E-state index contributed by atoms with van der Waals surface area (Å²) in [5, 5.41) is 2.72. The highest BCUT2D eigenvalue weighted by Crippen LogP contribution is 2.26. The van der Waals surface area contributed by atoms with Gasteiger partial charge in [-0.15, -0.1) is 0 Å². The van der Waals surface area contributed by atoms with Crippen LogP contribution in [0.5, 0.6) is 5.75 Å². The average Bonchev–Trinajstić information content (AvgIpc) is 3.35. The molecular formula is C22H19N5O4S. The number of anilines is 2. The van der Waals surface area contributed by atoms with E-state index in [0.717, 1.165) is 0 Å². The van der Waals surface area contributed by atoms with E-state index in [9.17, 15) is 13.2 Å². The summed E-state index contributed by atoms with van der Waals surface area (Å²) in [4.78, 5) is 20.9. The molecule has 0 unspecified atom stereocenters. The number of rotatable bonds is 7. The Balaban J connectivity index is 1.51. The Kier molecular flexibility index (Phi) is 5.86. The number of hydrogen-bond acceptors (Lipinski definition) is 6. The van der Waals surface area contributed by atoms with Crippen LogP contribution in [0, 0.1) is 0 Å². The van der Waals surface area contributed by atoms with Gasteiger partial charge in [0, 0.05) is 18.0 Å². The second-order valence-electron chi connectivity index (χ2n) is 6.66. The fourth-order valence-corrected chi connectivity index (χ4v) is 4.06. The molecule has 0 bridgehead atoms. The molecule has 0 aliphatic carbocycles. The number of carbonyl (C=O) groups is 1. The van der Waals surface area contributed by atoms with Crippen molar-refractivity contribution in [3.8, 4) is 11.6 Å². The molecule has 0 aliphatic heterocycles. The first-order chi connectivity index (χ1) is 15.5. The molecule has 2 aromatic carbocycles. The lowest BCUT2D eigenvalue weighted by Gasteiger charge is -2.12. The van der Waals surface area contributed by atoms with Crippen LogP contribution in [0.25, 0.3) is 5.82 Å². The molecule has 0 fully saturated rings. The molecular weight excluding hydrogens is 430 g/mol. The lowest BCUT2D eigenvalue weighted by molar-refractivity contribution is 0.102. The molecule has 1 amide bonds. The molecule has 2 aromatic heterocycles. The zero-order chi connectivity index (χ0) is 22.6. The normalized spacial score (nSPS) is 11.0. The summed E-state index contributed by atoms with van der Waals surface area (Å²) in [6, 6.07) is 15.8. The van der Waals surface area contributed by atoms with E-state index >= 15 is 0 Å². The Labute approximate surface area is 184 Å². The van der Waals surface area contributed by atoms with Gasteiger partial charge in [-0.3, -0.25) is 14.1 Å². The van der Waals surface area contributed by atoms with Gasteiger partial charge in [0.05, 0.1) is 29.6 Å². The van der Waals surface area contributed by atoms with E-state index in [1.54, 1.807) is 59.7 Å². The molecule has 32 heavy (non-hydrogen) atoms. The highest BCUT2D eigenvalue weighted by Gasteiger charge is 2.18. The van der Waals surface area contributed by atoms with E-state index < -0.39 is 15.9 Å². The van der Waals surface area contributed by atoms with Crippen molar-refractivity contribution in [1.82, 2.24) is 14.5 Å². The third kappa shape index (κ3) is 4.60. The smallest absolute Gasteiger partial charge is 0.262 e. The van der Waals surface area contributed by atoms with Gasteiger partial charge in [0.1, 0.15) is 17.9 Å². The van der Waals surface area contributed by atoms with Crippen molar-refractivity contribution in [3.05, 3.63) is 91.1 Å². The Morgan fingerprint density at radius 2 is 1.91 bits per heavy atom. The van der Waals surface area contributed by atoms with Crippen LogP contribution < -0.4 is 14.8 Å². The van der Waals surface area contributed by atoms with Crippen molar-refractivity contribution in [3.63, 3.8) is 0 Å². The molecule has 9 nitrogen and oxygen atoms in total. The first-order valence-corrected chi connectivity index (χ1v) is 11.0. The minimum absolute atomic E-state index is 0.0513. The molecule has 0 radical (unpaired) electrons. The number of para-hydroxylation sites is 2. The predicted octanol–water partition coefficient (Wildman–Crippen LogP) is 3.33. The third-order valence-corrected chi connectivity index (χ3v) is 5.90. The van der Waals surface area contributed by atoms with Crippen LogP contribution in [-0.4, -0.2) is 36.0 Å². The van der Waals surface area contributed by atoms with Crippen molar-refractivity contribution < 1.29 is 17.9 Å². The maximum absolute atomic E-state index is 12.8. The van der Waals surface area contributed by atoms with Gasteiger partial charge in [0.15, 0.2) is 0 Å². The maximum Gasteiger partial charge on any atom is 0.262 e. The number of sulfonamides is 1. The van der Waals surface area contributed by atoms with Crippen LogP contribution in [0.4, 0.5) is 11.4 Å². The SMILES string of the molecule is COc1ccccc1NS(=O)(=O)c1cccc(C(=O)Nc2ccc(-n3ccnc3)nc2)c1. The number of methoxy groups -OCH3 is 1. The molecule has 162 valence electrons. The van der Waals surface area contributed by atoms with Crippen LogP contribution in [0.3, 0.4) is 0 Å². The Morgan fingerprint density at radius 1 is 1.06 bits per heavy atom. The van der Waals surface area contributed by atoms with Crippen molar-refractivity contribution in [2.24, 2.45) is 0 Å². The lowest BCUT2D eigenvalue weighted by atomic mass is 10.2. The van der Waals surface area contributed by atoms with E-state index in [4.69, 9.17) is 4.74 Å². The van der Waals surface area contributed by atoms with Gasteiger partial charge in [-0.05, 0) is 42.5 Å². The molecule has 10 heteroatoms. The number of nitrogens with one attached hydrogen (secondary N) is 2. The van der Waals surface area contributed by atoms with E-state index in [0.29, 0.717) is 22.9 Å². The molecule has 0 saturated heterocycles. The molecule has 4 rings (SSSR count). The van der Waals surface area contributed by atoms with E-state index in [-0.39, 0.29) is 10.5 Å². The lowest BCUT2D eigenvalue weighted by Crippen LogP contribution is -2.16. The Bertz CT molecular complexity index is 1340. The molecule has 2 N–H and O–H groups in total. The van der Waals surface area contributed by atoms with Crippen molar-refractivity contribution in [1.29, 1.82) is 0 Å². The number of pyridine rings is 1. The zero-order valence-electron chi connectivity index (χ0n) is 17.0. The van der Waals surface area contributed by atoms with Gasteiger partial charge >= 0.3 is 0 Å². The molecule has 0 aliphatic rings. The third-order valence-electron chi connectivity index (χ3n) is 4.53. The summed E-state index contributed by atoms with van der Waals surface area (Å²) >= 11 is 0. The fraction of sp³-hybridized carbons (Fsp3) is 0.0455. The summed E-state index contributed by atoms with van der Waals surface area (Å²) in [5.41, 5.74) is 0.958. The minimum Gasteiger partial charge on any atom is -0.495 e. The van der Waals surface area contributed by atoms with Crippen LogP contribution in [0.1, 0.15) is 10.4 Å². The second kappa shape index (κ2) is 8.90. The molecule has 0 spiro atoms. The first-order valence-electron chi connectivity index (χ1n) is 9.48. The van der Waals surface area contributed by atoms with Crippen LogP contribution in [0.15, 0.2) is 90.5 Å². The number of hydrogen-bond donors (Lipinski definition) is 2. The van der Waals surface area contributed by atoms with Crippen molar-refractivity contribution in [2.45, 2.75) is 4.90 Å². The van der Waals surface area contributed by atoms with Crippen LogP contribution >= 0.6 is 0 Å². The van der Waals surface area contributed by atoms with E-state index in [1.165, 1.54) is 37.6 Å². The van der Waals surface area contributed by atoms with Gasteiger partial charge in [0.2, 0.25) is 0 Å². The second-order valence-corrected chi connectivity index (χ2v) is 8.35. The highest BCUT2D eigenvalue weighted by molar-refractivity contribution is 7.92. The Hall–Kier alpha value is -4.18. The van der Waals surface area contributed by atoms with Gasteiger partial charge in [-0.25, -0.2) is 18.4 Å². The van der Waals surface area contributed by atoms with Crippen LogP contribution in [-0.2, 0) is 10.0 Å². The van der Waals surface area contributed by atoms with Crippen molar-refractivity contribution in [2.75, 3.05) is 17.1 Å². The molecule has 4 aromatic rings. The molecule has 0 saturated carbocycles. The minimum atomic E-state index is -3.94. The topological polar surface area (TPSA) is 115 Å². The monoisotopic (exact) mass is 449 g/mol. The summed E-state index contributed by atoms with van der Waals surface area (Å²) in [6.07, 6.45) is 6.52. The zero-order valence-corrected chi connectivity index (χ0v) is 17.8. The number of ether oxygens (including phenoxy) is 1. The quantitative estimate of drug-likeness (QED) is 0.447. The Morgan fingerprint density at radius 3 is 2.62 bits per heavy atom. The largest absolute Gasteiger partial charge is 0.495 e. The maximum atomic E-state index is 12.8. The van der Waals surface area contributed by atoms with E-state index in [1.807, 2.05) is 0 Å². The van der Waals surface area contributed by atoms with Crippen molar-refractivity contribution >= 4 is 27.3 Å². The average molecular weight is 449 g/mol.